The second kappa shape index (κ2) is 10.4. The highest BCUT2D eigenvalue weighted by Gasteiger charge is 2.30. The molecule has 2 fully saturated rings. The van der Waals surface area contributed by atoms with Crippen molar-refractivity contribution in [1.29, 1.82) is 0 Å². The lowest BCUT2D eigenvalue weighted by Gasteiger charge is -2.30. The Balaban J connectivity index is 1.77. The van der Waals surface area contributed by atoms with Gasteiger partial charge in [-0.25, -0.2) is 0 Å². The van der Waals surface area contributed by atoms with Gasteiger partial charge in [0.05, 0.1) is 13.2 Å². The van der Waals surface area contributed by atoms with Gasteiger partial charge in [-0.15, -0.1) is 0 Å². The van der Waals surface area contributed by atoms with E-state index in [4.69, 9.17) is 18.9 Å². The monoisotopic (exact) mass is 494 g/mol. The third-order valence-corrected chi connectivity index (χ3v) is 7.33. The van der Waals surface area contributed by atoms with Crippen LogP contribution in [0.1, 0.15) is 101 Å². The van der Waals surface area contributed by atoms with E-state index in [1.807, 2.05) is 0 Å². The molecule has 0 bridgehead atoms. The van der Waals surface area contributed by atoms with Crippen LogP contribution in [0.15, 0.2) is 24.3 Å². The summed E-state index contributed by atoms with van der Waals surface area (Å²) >= 11 is 0. The van der Waals surface area contributed by atoms with Crippen molar-refractivity contribution < 1.29 is 18.9 Å². The minimum absolute atomic E-state index is 0.0207. The van der Waals surface area contributed by atoms with Crippen LogP contribution in [-0.4, -0.2) is 38.6 Å². The SMILES string of the molecule is CCCC(c1cc(C(C)(C)C)c(OCC2CO2)cc1C)c1cc(C(C)(C)C)c(OCC2CO2)cc1C. The van der Waals surface area contributed by atoms with E-state index in [9.17, 15) is 0 Å². The predicted molar refractivity (Wildman–Crippen MR) is 147 cm³/mol. The van der Waals surface area contributed by atoms with Crippen LogP contribution in [0.25, 0.3) is 0 Å². The molecule has 0 amide bonds. The molecular formula is C32H46O4. The summed E-state index contributed by atoms with van der Waals surface area (Å²) in [6.07, 6.45) is 2.71. The fourth-order valence-electron chi connectivity index (χ4n) is 5.02. The van der Waals surface area contributed by atoms with Crippen molar-refractivity contribution in [3.05, 3.63) is 57.6 Å². The van der Waals surface area contributed by atoms with Crippen LogP contribution < -0.4 is 9.47 Å². The summed E-state index contributed by atoms with van der Waals surface area (Å²) in [5, 5.41) is 0. The maximum absolute atomic E-state index is 6.27. The minimum atomic E-state index is -0.0207. The fourth-order valence-corrected chi connectivity index (χ4v) is 5.02. The van der Waals surface area contributed by atoms with Crippen molar-refractivity contribution in [1.82, 2.24) is 0 Å². The van der Waals surface area contributed by atoms with Gasteiger partial charge in [0.25, 0.3) is 0 Å². The molecule has 2 aromatic carbocycles. The van der Waals surface area contributed by atoms with Gasteiger partial charge in [-0.3, -0.25) is 0 Å². The molecule has 2 atom stereocenters. The Morgan fingerprint density at radius 1 is 0.750 bits per heavy atom. The molecule has 0 spiro atoms. The Labute approximate surface area is 218 Å². The van der Waals surface area contributed by atoms with Crippen molar-refractivity contribution in [2.45, 2.75) is 104 Å². The first kappa shape index (κ1) is 27.0. The van der Waals surface area contributed by atoms with E-state index in [1.54, 1.807) is 0 Å². The van der Waals surface area contributed by atoms with Crippen LogP contribution >= 0.6 is 0 Å². The first-order valence-corrected chi connectivity index (χ1v) is 13.7. The van der Waals surface area contributed by atoms with Crippen LogP contribution in [0.2, 0.25) is 0 Å². The van der Waals surface area contributed by atoms with Gasteiger partial charge in [0, 0.05) is 5.92 Å². The highest BCUT2D eigenvalue weighted by Crippen LogP contribution is 2.43. The lowest BCUT2D eigenvalue weighted by molar-refractivity contribution is 0.258. The number of ether oxygens (including phenoxy) is 4. The van der Waals surface area contributed by atoms with Crippen molar-refractivity contribution in [2.75, 3.05) is 26.4 Å². The average molecular weight is 495 g/mol. The molecule has 2 saturated heterocycles. The third kappa shape index (κ3) is 6.44. The maximum Gasteiger partial charge on any atom is 0.123 e. The van der Waals surface area contributed by atoms with Gasteiger partial charge in [0.15, 0.2) is 0 Å². The summed E-state index contributed by atoms with van der Waals surface area (Å²) in [5.74, 6) is 2.30. The van der Waals surface area contributed by atoms with Crippen LogP contribution in [0, 0.1) is 13.8 Å². The van der Waals surface area contributed by atoms with E-state index < -0.39 is 0 Å². The summed E-state index contributed by atoms with van der Waals surface area (Å²) in [6.45, 7) is 23.3. The van der Waals surface area contributed by atoms with Gasteiger partial charge >= 0.3 is 0 Å². The molecule has 0 saturated carbocycles. The quantitative estimate of drug-likeness (QED) is 0.323. The van der Waals surface area contributed by atoms with E-state index in [0.717, 1.165) is 37.6 Å². The number of aryl methyl sites for hydroxylation is 2. The van der Waals surface area contributed by atoms with Gasteiger partial charge in [-0.1, -0.05) is 67.0 Å². The molecule has 4 nitrogen and oxygen atoms in total. The predicted octanol–water partition coefficient (Wildman–Crippen LogP) is 7.39. The van der Waals surface area contributed by atoms with Gasteiger partial charge in [-0.05, 0) is 76.6 Å². The van der Waals surface area contributed by atoms with Gasteiger partial charge in [0.1, 0.15) is 36.9 Å². The van der Waals surface area contributed by atoms with Crippen LogP contribution in [0.5, 0.6) is 11.5 Å². The largest absolute Gasteiger partial charge is 0.490 e. The Morgan fingerprint density at radius 3 is 1.44 bits per heavy atom. The molecule has 4 heteroatoms. The molecule has 36 heavy (non-hydrogen) atoms. The Morgan fingerprint density at radius 2 is 1.14 bits per heavy atom. The van der Waals surface area contributed by atoms with Crippen LogP contribution in [0.3, 0.4) is 0 Å². The molecule has 2 aliphatic rings. The highest BCUT2D eigenvalue weighted by atomic mass is 16.6. The molecule has 4 rings (SSSR count). The zero-order chi connectivity index (χ0) is 26.3. The molecule has 2 unspecified atom stereocenters. The van der Waals surface area contributed by atoms with E-state index in [0.29, 0.717) is 19.1 Å². The zero-order valence-electron chi connectivity index (χ0n) is 23.9. The summed E-state index contributed by atoms with van der Waals surface area (Å²) in [7, 11) is 0. The van der Waals surface area contributed by atoms with Gasteiger partial charge < -0.3 is 18.9 Å². The Bertz CT molecular complexity index is 982. The molecule has 2 aromatic rings. The minimum Gasteiger partial charge on any atom is -0.490 e. The molecule has 0 N–H and O–H groups in total. The average Bonchev–Trinajstić information content (AvgIpc) is 3.69. The van der Waals surface area contributed by atoms with Crippen molar-refractivity contribution in [2.24, 2.45) is 0 Å². The van der Waals surface area contributed by atoms with Gasteiger partial charge in [0.2, 0.25) is 0 Å². The topological polar surface area (TPSA) is 43.5 Å². The number of hydrogen-bond donors (Lipinski definition) is 0. The fraction of sp³-hybridized carbons (Fsp3) is 0.625. The highest BCUT2D eigenvalue weighted by molar-refractivity contribution is 5.53. The molecule has 0 radical (unpaired) electrons. The molecule has 0 aliphatic carbocycles. The molecule has 2 aliphatic heterocycles. The zero-order valence-corrected chi connectivity index (χ0v) is 23.9. The number of epoxide rings is 2. The number of hydrogen-bond acceptors (Lipinski definition) is 4. The summed E-state index contributed by atoms with van der Waals surface area (Å²) in [6, 6.07) is 9.36. The van der Waals surface area contributed by atoms with E-state index >= 15 is 0 Å². The summed E-state index contributed by atoms with van der Waals surface area (Å²) in [5.41, 5.74) is 7.87. The molecule has 2 heterocycles. The third-order valence-electron chi connectivity index (χ3n) is 7.33. The van der Waals surface area contributed by atoms with Gasteiger partial charge in [-0.2, -0.15) is 0 Å². The second-order valence-electron chi connectivity index (χ2n) is 12.8. The van der Waals surface area contributed by atoms with Crippen molar-refractivity contribution in [3.8, 4) is 11.5 Å². The number of rotatable bonds is 10. The first-order chi connectivity index (χ1) is 16.9. The summed E-state index contributed by atoms with van der Waals surface area (Å²) < 4.78 is 23.3. The van der Waals surface area contributed by atoms with E-state index in [2.05, 4.69) is 86.6 Å². The first-order valence-electron chi connectivity index (χ1n) is 13.7. The Hall–Kier alpha value is -2.04. The standard InChI is InChI=1S/C32H46O4/c1-10-11-24(25-14-27(31(4,5)6)29(12-20(25)2)35-18-22-16-33-22)26-15-28(32(7,8)9)30(13-21(26)3)36-19-23-17-34-23/h12-15,22-24H,10-11,16-19H2,1-9H3. The maximum atomic E-state index is 6.27. The molecule has 0 aromatic heterocycles. The molecule has 198 valence electrons. The number of benzene rings is 2. The lowest BCUT2D eigenvalue weighted by atomic mass is 9.76. The van der Waals surface area contributed by atoms with E-state index in [-0.39, 0.29) is 23.0 Å². The Kier molecular flexibility index (Phi) is 7.78. The normalized spacial score (nSPS) is 20.2. The smallest absolute Gasteiger partial charge is 0.123 e. The lowest BCUT2D eigenvalue weighted by Crippen LogP contribution is -2.19. The van der Waals surface area contributed by atoms with Crippen molar-refractivity contribution in [3.63, 3.8) is 0 Å². The van der Waals surface area contributed by atoms with Crippen LogP contribution in [-0.2, 0) is 20.3 Å². The molecular weight excluding hydrogens is 448 g/mol. The van der Waals surface area contributed by atoms with Crippen LogP contribution in [0.4, 0.5) is 0 Å². The summed E-state index contributed by atoms with van der Waals surface area (Å²) in [4.78, 5) is 0. The second-order valence-corrected chi connectivity index (χ2v) is 12.8. The van der Waals surface area contributed by atoms with Crippen molar-refractivity contribution >= 4 is 0 Å². The van der Waals surface area contributed by atoms with E-state index in [1.165, 1.54) is 33.4 Å².